The van der Waals surface area contributed by atoms with Crippen molar-refractivity contribution in [2.24, 2.45) is 0 Å². The molecule has 1 fully saturated rings. The fourth-order valence-electron chi connectivity index (χ4n) is 6.24. The van der Waals surface area contributed by atoms with Crippen molar-refractivity contribution in [3.05, 3.63) is 83.3 Å². The van der Waals surface area contributed by atoms with Crippen LogP contribution in [0.4, 0.5) is 14.6 Å². The first-order valence-corrected chi connectivity index (χ1v) is 14.5. The number of amides is 1. The summed E-state index contributed by atoms with van der Waals surface area (Å²) in [6.45, 7) is 10.8. The van der Waals surface area contributed by atoms with Crippen LogP contribution in [0.5, 0.6) is 0 Å². The van der Waals surface area contributed by atoms with Crippen molar-refractivity contribution in [1.29, 1.82) is 0 Å². The number of carbonyl (C=O) groups excluding carboxylic acids is 1. The van der Waals surface area contributed by atoms with Crippen LogP contribution in [0.1, 0.15) is 25.5 Å². The number of carbonyl (C=O) groups is 1. The summed E-state index contributed by atoms with van der Waals surface area (Å²) in [7, 11) is 0. The van der Waals surface area contributed by atoms with Crippen molar-refractivity contribution < 1.29 is 13.6 Å². The maximum atomic E-state index is 15.2. The van der Waals surface area contributed by atoms with Gasteiger partial charge < -0.3 is 14.4 Å². The van der Waals surface area contributed by atoms with Crippen LogP contribution >= 0.6 is 11.8 Å². The number of hydrogen-bond acceptors (Lipinski definition) is 6. The molecular formula is C30H30F2N6O2S. The SMILES string of the molecule is C=CC(=O)N1[C@H](C)CN(c2nc(=O)n3c4c(c(-c5ccc(F)cc5F)c(C)cc24)SCC(n2ccnc2)C3)C[C@@H]1C. The van der Waals surface area contributed by atoms with E-state index in [0.29, 0.717) is 42.3 Å². The number of aryl methyl sites for hydroxylation is 1. The summed E-state index contributed by atoms with van der Waals surface area (Å²) in [5.41, 5.74) is 1.99. The van der Waals surface area contributed by atoms with Crippen LogP contribution < -0.4 is 10.6 Å². The minimum absolute atomic E-state index is 0.0943. The zero-order valence-corrected chi connectivity index (χ0v) is 23.9. The molecule has 4 aromatic rings. The highest BCUT2D eigenvalue weighted by atomic mass is 32.2. The van der Waals surface area contributed by atoms with Crippen molar-refractivity contribution in [3.63, 3.8) is 0 Å². The van der Waals surface area contributed by atoms with Crippen LogP contribution in [0.2, 0.25) is 0 Å². The molecule has 0 bridgehead atoms. The smallest absolute Gasteiger partial charge is 0.350 e. The van der Waals surface area contributed by atoms with E-state index in [1.807, 2.05) is 37.6 Å². The number of halogens is 2. The molecule has 0 radical (unpaired) electrons. The lowest BCUT2D eigenvalue weighted by molar-refractivity contribution is -0.130. The number of benzene rings is 2. The maximum absolute atomic E-state index is 15.2. The van der Waals surface area contributed by atoms with Gasteiger partial charge in [-0.25, -0.2) is 18.6 Å². The molecule has 4 heterocycles. The number of piperazine rings is 1. The van der Waals surface area contributed by atoms with Crippen LogP contribution in [-0.4, -0.2) is 60.8 Å². The highest BCUT2D eigenvalue weighted by Gasteiger charge is 2.35. The van der Waals surface area contributed by atoms with Gasteiger partial charge >= 0.3 is 5.69 Å². The van der Waals surface area contributed by atoms with Gasteiger partial charge in [-0.15, -0.1) is 11.8 Å². The molecule has 2 aromatic heterocycles. The lowest BCUT2D eigenvalue weighted by atomic mass is 9.97. The van der Waals surface area contributed by atoms with E-state index in [1.165, 1.54) is 18.2 Å². The normalized spacial score (nSPS) is 20.8. The Kier molecular flexibility index (Phi) is 6.93. The second-order valence-corrected chi connectivity index (χ2v) is 11.8. The number of rotatable bonds is 4. The van der Waals surface area contributed by atoms with Crippen LogP contribution in [0.3, 0.4) is 0 Å². The maximum Gasteiger partial charge on any atom is 0.350 e. The monoisotopic (exact) mass is 576 g/mol. The molecule has 0 saturated carbocycles. The van der Waals surface area contributed by atoms with Gasteiger partial charge in [-0.05, 0) is 50.6 Å². The first-order valence-electron chi connectivity index (χ1n) is 13.5. The average Bonchev–Trinajstić information content (AvgIpc) is 3.39. The van der Waals surface area contributed by atoms with Crippen molar-refractivity contribution in [2.75, 3.05) is 23.7 Å². The Morgan fingerprint density at radius 2 is 1.90 bits per heavy atom. The van der Waals surface area contributed by atoms with E-state index in [1.54, 1.807) is 33.8 Å². The van der Waals surface area contributed by atoms with E-state index in [0.717, 1.165) is 21.9 Å². The minimum atomic E-state index is -0.659. The summed E-state index contributed by atoms with van der Waals surface area (Å²) >= 11 is 1.55. The molecule has 1 unspecified atom stereocenters. The van der Waals surface area contributed by atoms with Gasteiger partial charge in [0.1, 0.15) is 17.5 Å². The topological polar surface area (TPSA) is 76.3 Å². The van der Waals surface area contributed by atoms with Crippen molar-refractivity contribution in [1.82, 2.24) is 24.0 Å². The van der Waals surface area contributed by atoms with Crippen molar-refractivity contribution in [3.8, 4) is 11.1 Å². The molecule has 6 rings (SSSR count). The molecule has 212 valence electrons. The molecule has 1 saturated heterocycles. The molecule has 2 aliphatic rings. The Hall–Kier alpha value is -3.99. The van der Waals surface area contributed by atoms with Crippen LogP contribution in [-0.2, 0) is 11.3 Å². The molecule has 2 aromatic carbocycles. The summed E-state index contributed by atoms with van der Waals surface area (Å²) in [6, 6.07) is 5.19. The fraction of sp³-hybridized carbons (Fsp3) is 0.333. The lowest BCUT2D eigenvalue weighted by Gasteiger charge is -2.44. The largest absolute Gasteiger partial charge is 0.352 e. The zero-order chi connectivity index (χ0) is 29.0. The first kappa shape index (κ1) is 27.2. The lowest BCUT2D eigenvalue weighted by Crippen LogP contribution is -2.58. The van der Waals surface area contributed by atoms with E-state index in [2.05, 4.69) is 21.4 Å². The summed E-state index contributed by atoms with van der Waals surface area (Å²) in [6.07, 6.45) is 6.62. The van der Waals surface area contributed by atoms with Gasteiger partial charge in [0, 0.05) is 77.3 Å². The van der Waals surface area contributed by atoms with Crippen molar-refractivity contribution in [2.45, 2.75) is 50.3 Å². The van der Waals surface area contributed by atoms with Gasteiger partial charge in [0.15, 0.2) is 0 Å². The Morgan fingerprint density at radius 3 is 2.56 bits per heavy atom. The highest BCUT2D eigenvalue weighted by Crippen LogP contribution is 2.45. The Balaban J connectivity index is 1.58. The summed E-state index contributed by atoms with van der Waals surface area (Å²) in [5.74, 6) is -0.285. The summed E-state index contributed by atoms with van der Waals surface area (Å²) < 4.78 is 32.8. The number of hydrogen-bond donors (Lipinski definition) is 0. The fourth-order valence-corrected chi connectivity index (χ4v) is 7.65. The Bertz CT molecular complexity index is 1730. The van der Waals surface area contributed by atoms with Gasteiger partial charge in [-0.2, -0.15) is 4.98 Å². The molecule has 2 aliphatic heterocycles. The number of anilines is 1. The summed E-state index contributed by atoms with van der Waals surface area (Å²) in [4.78, 5) is 39.7. The first-order chi connectivity index (χ1) is 19.7. The van der Waals surface area contributed by atoms with Gasteiger partial charge in [0.2, 0.25) is 5.91 Å². The third kappa shape index (κ3) is 4.61. The van der Waals surface area contributed by atoms with Gasteiger partial charge in [-0.3, -0.25) is 9.36 Å². The third-order valence-electron chi connectivity index (χ3n) is 8.00. The molecule has 8 nitrogen and oxygen atoms in total. The third-order valence-corrected chi connectivity index (χ3v) is 9.24. The van der Waals surface area contributed by atoms with E-state index < -0.39 is 17.3 Å². The highest BCUT2D eigenvalue weighted by molar-refractivity contribution is 7.99. The predicted octanol–water partition coefficient (Wildman–Crippen LogP) is 4.81. The predicted molar refractivity (Wildman–Crippen MR) is 156 cm³/mol. The van der Waals surface area contributed by atoms with Gasteiger partial charge in [-0.1, -0.05) is 6.58 Å². The van der Waals surface area contributed by atoms with E-state index in [-0.39, 0.29) is 29.6 Å². The zero-order valence-electron chi connectivity index (χ0n) is 23.1. The molecular weight excluding hydrogens is 546 g/mol. The average molecular weight is 577 g/mol. The van der Waals surface area contributed by atoms with E-state index >= 15 is 4.39 Å². The van der Waals surface area contributed by atoms with Crippen LogP contribution in [0, 0.1) is 18.6 Å². The number of aromatic nitrogens is 4. The Morgan fingerprint density at radius 1 is 1.15 bits per heavy atom. The standard InChI is InChI=1S/C30H30F2N6O2S/c1-5-25(39)38-18(3)12-36(13-19(38)4)29-23-10-17(2)26(22-7-6-20(31)11-24(22)32)28-27(23)37(30(40)34-29)14-21(15-41-28)35-9-8-33-16-35/h5-11,16,18-19,21H,1,12-15H2,2-4H3/t18-,19+,21?. The molecule has 41 heavy (non-hydrogen) atoms. The van der Waals surface area contributed by atoms with E-state index in [9.17, 15) is 14.0 Å². The molecule has 1 amide bonds. The van der Waals surface area contributed by atoms with Crippen LogP contribution in [0.25, 0.3) is 22.0 Å². The van der Waals surface area contributed by atoms with Crippen molar-refractivity contribution >= 4 is 34.4 Å². The van der Waals surface area contributed by atoms with E-state index in [4.69, 9.17) is 0 Å². The number of nitrogens with zero attached hydrogens (tertiary/aromatic N) is 6. The number of imidazole rings is 1. The van der Waals surface area contributed by atoms with Gasteiger partial charge in [0.25, 0.3) is 0 Å². The Labute approximate surface area is 240 Å². The summed E-state index contributed by atoms with van der Waals surface area (Å²) in [5, 5.41) is 0.782. The molecule has 3 atom stereocenters. The second-order valence-electron chi connectivity index (χ2n) is 10.8. The molecule has 0 aliphatic carbocycles. The number of thioether (sulfide) groups is 1. The minimum Gasteiger partial charge on any atom is -0.352 e. The second kappa shape index (κ2) is 10.4. The molecule has 0 spiro atoms. The van der Waals surface area contributed by atoms with Gasteiger partial charge in [0.05, 0.1) is 17.9 Å². The molecule has 0 N–H and O–H groups in total. The quantitative estimate of drug-likeness (QED) is 0.325. The molecule has 11 heteroatoms. The van der Waals surface area contributed by atoms with Crippen LogP contribution in [0.15, 0.2) is 65.3 Å².